The van der Waals surface area contributed by atoms with E-state index in [9.17, 15) is 19.4 Å². The van der Waals surface area contributed by atoms with Crippen molar-refractivity contribution < 1.29 is 32.9 Å². The SMILES string of the molecule is CCCCCCC/C=C/C(O)C(COP(=O)([O-])OCC[N+](C)(C)C)NC(=O)CCCCC. The highest BCUT2D eigenvalue weighted by molar-refractivity contribution is 7.45. The maximum Gasteiger partial charge on any atom is 0.268 e. The molecule has 1 amide bonds. The van der Waals surface area contributed by atoms with E-state index >= 15 is 0 Å². The van der Waals surface area contributed by atoms with Crippen LogP contribution in [0.15, 0.2) is 12.2 Å². The molecule has 0 saturated heterocycles. The molecule has 0 aliphatic rings. The van der Waals surface area contributed by atoms with Crippen LogP contribution in [0.3, 0.4) is 0 Å². The highest BCUT2D eigenvalue weighted by Crippen LogP contribution is 2.38. The number of hydrogen-bond acceptors (Lipinski definition) is 6. The molecule has 3 unspecified atom stereocenters. The number of carbonyl (C=O) groups excluding carboxylic acids is 1. The number of likely N-dealkylation sites (N-methyl/N-ethyl adjacent to an activating group) is 1. The van der Waals surface area contributed by atoms with Gasteiger partial charge in [-0.3, -0.25) is 9.36 Å². The van der Waals surface area contributed by atoms with Gasteiger partial charge in [0.1, 0.15) is 13.2 Å². The molecule has 0 aromatic rings. The Morgan fingerprint density at radius 3 is 2.31 bits per heavy atom. The summed E-state index contributed by atoms with van der Waals surface area (Å²) in [6.45, 7) is 4.34. The fourth-order valence-corrected chi connectivity index (χ4v) is 3.63. The largest absolute Gasteiger partial charge is 0.756 e. The van der Waals surface area contributed by atoms with Crippen LogP contribution in [-0.4, -0.2) is 68.5 Å². The molecule has 0 spiro atoms. The monoisotopic (exact) mass is 478 g/mol. The molecule has 8 nitrogen and oxygen atoms in total. The van der Waals surface area contributed by atoms with E-state index in [0.717, 1.165) is 38.5 Å². The van der Waals surface area contributed by atoms with E-state index < -0.39 is 20.0 Å². The first kappa shape index (κ1) is 31.2. The second-order valence-electron chi connectivity index (χ2n) is 9.34. The molecule has 0 aliphatic heterocycles. The molecule has 0 aliphatic carbocycles. The van der Waals surface area contributed by atoms with E-state index in [1.807, 2.05) is 27.2 Å². The zero-order valence-electron chi connectivity index (χ0n) is 20.9. The van der Waals surface area contributed by atoms with Gasteiger partial charge in [0.05, 0.1) is 39.9 Å². The van der Waals surface area contributed by atoms with E-state index in [1.54, 1.807) is 6.08 Å². The van der Waals surface area contributed by atoms with Crippen molar-refractivity contribution in [3.05, 3.63) is 12.2 Å². The van der Waals surface area contributed by atoms with Gasteiger partial charge in [-0.1, -0.05) is 64.5 Å². The molecular weight excluding hydrogens is 431 g/mol. The van der Waals surface area contributed by atoms with E-state index in [-0.39, 0.29) is 19.1 Å². The summed E-state index contributed by atoms with van der Waals surface area (Å²) in [7, 11) is 1.25. The minimum atomic E-state index is -4.54. The van der Waals surface area contributed by atoms with Crippen molar-refractivity contribution in [3.8, 4) is 0 Å². The Hall–Kier alpha value is -0.760. The van der Waals surface area contributed by atoms with Crippen molar-refractivity contribution in [2.45, 2.75) is 90.2 Å². The van der Waals surface area contributed by atoms with Crippen LogP contribution in [0, 0.1) is 0 Å². The first-order chi connectivity index (χ1) is 15.0. The summed E-state index contributed by atoms with van der Waals surface area (Å²) in [6, 6.07) is -0.871. The van der Waals surface area contributed by atoms with Crippen LogP contribution in [0.1, 0.15) is 78.1 Å². The Labute approximate surface area is 195 Å². The number of hydrogen-bond donors (Lipinski definition) is 2. The van der Waals surface area contributed by atoms with E-state index in [2.05, 4.69) is 19.2 Å². The predicted octanol–water partition coefficient (Wildman–Crippen LogP) is 3.54. The van der Waals surface area contributed by atoms with Gasteiger partial charge in [-0.05, 0) is 19.3 Å². The van der Waals surface area contributed by atoms with Gasteiger partial charge < -0.3 is 28.8 Å². The highest BCUT2D eigenvalue weighted by Gasteiger charge is 2.23. The second kappa shape index (κ2) is 17.7. The van der Waals surface area contributed by atoms with Gasteiger partial charge in [-0.15, -0.1) is 0 Å². The Morgan fingerprint density at radius 1 is 1.06 bits per heavy atom. The summed E-state index contributed by atoms with van der Waals surface area (Å²) >= 11 is 0. The molecule has 0 radical (unpaired) electrons. The predicted molar refractivity (Wildman–Crippen MR) is 127 cm³/mol. The van der Waals surface area contributed by atoms with Gasteiger partial charge in [0, 0.05) is 6.42 Å². The number of aliphatic hydroxyl groups is 1. The van der Waals surface area contributed by atoms with Gasteiger partial charge >= 0.3 is 0 Å². The first-order valence-corrected chi connectivity index (χ1v) is 13.5. The first-order valence-electron chi connectivity index (χ1n) is 12.1. The zero-order valence-corrected chi connectivity index (χ0v) is 21.8. The van der Waals surface area contributed by atoms with E-state index in [4.69, 9.17) is 9.05 Å². The number of unbranched alkanes of at least 4 members (excludes halogenated alkanes) is 7. The van der Waals surface area contributed by atoms with Crippen LogP contribution in [0.25, 0.3) is 0 Å². The topological polar surface area (TPSA) is 108 Å². The lowest BCUT2D eigenvalue weighted by atomic mass is 10.1. The minimum absolute atomic E-state index is 0.00118. The van der Waals surface area contributed by atoms with Crippen LogP contribution < -0.4 is 10.2 Å². The van der Waals surface area contributed by atoms with Crippen LogP contribution in [-0.2, 0) is 18.4 Å². The van der Waals surface area contributed by atoms with Crippen LogP contribution in [0.4, 0.5) is 0 Å². The quantitative estimate of drug-likeness (QED) is 0.120. The maximum atomic E-state index is 12.2. The highest BCUT2D eigenvalue weighted by atomic mass is 31.2. The molecule has 0 aromatic heterocycles. The van der Waals surface area contributed by atoms with Gasteiger partial charge in [0.2, 0.25) is 5.91 Å². The fourth-order valence-electron chi connectivity index (χ4n) is 2.91. The summed E-state index contributed by atoms with van der Waals surface area (Å²) in [5.41, 5.74) is 0. The molecule has 0 rings (SSSR count). The summed E-state index contributed by atoms with van der Waals surface area (Å²) in [5, 5.41) is 13.2. The van der Waals surface area contributed by atoms with Gasteiger partial charge in [-0.2, -0.15) is 0 Å². The minimum Gasteiger partial charge on any atom is -0.756 e. The average Bonchev–Trinajstić information content (AvgIpc) is 2.69. The lowest BCUT2D eigenvalue weighted by Gasteiger charge is -2.29. The van der Waals surface area contributed by atoms with Crippen molar-refractivity contribution in [1.29, 1.82) is 0 Å². The third-order valence-electron chi connectivity index (χ3n) is 5.00. The molecule has 9 heteroatoms. The van der Waals surface area contributed by atoms with E-state index in [0.29, 0.717) is 17.4 Å². The smallest absolute Gasteiger partial charge is 0.268 e. The Morgan fingerprint density at radius 2 is 1.69 bits per heavy atom. The number of phosphoric ester groups is 1. The average molecular weight is 479 g/mol. The van der Waals surface area contributed by atoms with Gasteiger partial charge in [0.15, 0.2) is 0 Å². The van der Waals surface area contributed by atoms with Crippen molar-refractivity contribution in [3.63, 3.8) is 0 Å². The number of phosphoric acid groups is 1. The number of nitrogens with zero attached hydrogens (tertiary/aromatic N) is 1. The lowest BCUT2D eigenvalue weighted by molar-refractivity contribution is -0.870. The normalized spacial score (nSPS) is 16.1. The molecule has 0 bridgehead atoms. The molecule has 0 heterocycles. The summed E-state index contributed by atoms with van der Waals surface area (Å²) < 4.78 is 22.5. The summed E-state index contributed by atoms with van der Waals surface area (Å²) in [4.78, 5) is 24.3. The summed E-state index contributed by atoms with van der Waals surface area (Å²) in [6.07, 6.45) is 12.0. The zero-order chi connectivity index (χ0) is 24.5. The number of nitrogens with one attached hydrogen (secondary N) is 1. The maximum absolute atomic E-state index is 12.2. The van der Waals surface area contributed by atoms with E-state index in [1.165, 1.54) is 19.3 Å². The van der Waals surface area contributed by atoms with Crippen LogP contribution >= 0.6 is 7.82 Å². The van der Waals surface area contributed by atoms with Crippen LogP contribution in [0.5, 0.6) is 0 Å². The number of quaternary nitrogens is 1. The fraction of sp³-hybridized carbons (Fsp3) is 0.870. The van der Waals surface area contributed by atoms with Crippen molar-refractivity contribution in [2.75, 3.05) is 40.9 Å². The Balaban J connectivity index is 4.76. The lowest BCUT2D eigenvalue weighted by Crippen LogP contribution is -2.45. The molecule has 32 heavy (non-hydrogen) atoms. The standard InChI is InChI=1S/C23H47N2O6P/c1-6-8-10-11-12-13-15-16-22(26)21(24-23(27)17-14-9-7-2)20-31-32(28,29)30-19-18-25(3,4)5/h15-16,21-22,26H,6-14,17-20H2,1-5H3,(H-,24,27,28,29)/b16-15+. The molecule has 2 N–H and O–H groups in total. The third-order valence-corrected chi connectivity index (χ3v) is 5.96. The van der Waals surface area contributed by atoms with Crippen molar-refractivity contribution >= 4 is 13.7 Å². The van der Waals surface area contributed by atoms with Crippen molar-refractivity contribution in [1.82, 2.24) is 5.32 Å². The molecule has 3 atom stereocenters. The third kappa shape index (κ3) is 18.8. The molecule has 0 aromatic carbocycles. The molecule has 0 fully saturated rings. The number of amides is 1. The number of carbonyl (C=O) groups is 1. The summed E-state index contributed by atoms with van der Waals surface area (Å²) in [5.74, 6) is -0.231. The van der Waals surface area contributed by atoms with Gasteiger partial charge in [0.25, 0.3) is 7.82 Å². The van der Waals surface area contributed by atoms with Crippen LogP contribution in [0.2, 0.25) is 0 Å². The molecular formula is C23H47N2O6P. The van der Waals surface area contributed by atoms with Gasteiger partial charge in [-0.25, -0.2) is 0 Å². The number of rotatable bonds is 20. The molecule has 190 valence electrons. The molecule has 0 saturated carbocycles. The number of allylic oxidation sites excluding steroid dienone is 1. The number of aliphatic hydroxyl groups excluding tert-OH is 1. The van der Waals surface area contributed by atoms with Crippen molar-refractivity contribution in [2.24, 2.45) is 0 Å². The Kier molecular flexibility index (Phi) is 17.3. The second-order valence-corrected chi connectivity index (χ2v) is 10.8. The Bertz CT molecular complexity index is 565.